The Labute approximate surface area is 124 Å². The molecule has 20 heavy (non-hydrogen) atoms. The molecule has 0 bridgehead atoms. The van der Waals surface area contributed by atoms with Crippen LogP contribution in [-0.2, 0) is 4.79 Å². The summed E-state index contributed by atoms with van der Waals surface area (Å²) in [6.07, 6.45) is 2.16. The molecule has 4 nitrogen and oxygen atoms in total. The van der Waals surface area contributed by atoms with Crippen molar-refractivity contribution in [2.75, 3.05) is 19.7 Å². The number of piperidine rings is 1. The molecule has 0 unspecified atom stereocenters. The van der Waals surface area contributed by atoms with Crippen molar-refractivity contribution in [1.29, 1.82) is 0 Å². The molecule has 2 rings (SSSR count). The summed E-state index contributed by atoms with van der Waals surface area (Å²) in [4.78, 5) is 14.2. The molecule has 5 heteroatoms. The number of carbonyl (C=O) groups is 1. The van der Waals surface area contributed by atoms with Gasteiger partial charge in [-0.1, -0.05) is 19.1 Å². The Morgan fingerprint density at radius 2 is 1.95 bits per heavy atom. The molecule has 0 atom stereocenters. The zero-order chi connectivity index (χ0) is 14.5. The molecule has 1 amide bonds. The molecule has 0 aromatic heterocycles. The van der Waals surface area contributed by atoms with E-state index in [9.17, 15) is 4.79 Å². The summed E-state index contributed by atoms with van der Waals surface area (Å²) in [7, 11) is 0. The second kappa shape index (κ2) is 6.70. The number of thiocarbonyl (C=S) groups is 1. The molecule has 1 aromatic rings. The topological polar surface area (TPSA) is 55.6 Å². The highest BCUT2D eigenvalue weighted by Crippen LogP contribution is 2.17. The van der Waals surface area contributed by atoms with Crippen LogP contribution in [0.5, 0.6) is 5.75 Å². The van der Waals surface area contributed by atoms with Crippen molar-refractivity contribution in [3.05, 3.63) is 29.8 Å². The average molecular weight is 292 g/mol. The lowest BCUT2D eigenvalue weighted by atomic mass is 9.99. The molecule has 2 N–H and O–H groups in total. The summed E-state index contributed by atoms with van der Waals surface area (Å²) in [6.45, 7) is 3.98. The lowest BCUT2D eigenvalue weighted by molar-refractivity contribution is -0.134. The number of nitrogens with zero attached hydrogens (tertiary/aromatic N) is 1. The molecule has 1 aliphatic heterocycles. The number of hydrogen-bond donors (Lipinski definition) is 1. The van der Waals surface area contributed by atoms with Crippen molar-refractivity contribution in [2.24, 2.45) is 11.7 Å². The number of likely N-dealkylation sites (tertiary alicyclic amines) is 1. The van der Waals surface area contributed by atoms with Gasteiger partial charge in [-0.3, -0.25) is 4.79 Å². The van der Waals surface area contributed by atoms with E-state index in [0.29, 0.717) is 16.7 Å². The smallest absolute Gasteiger partial charge is 0.260 e. The predicted molar refractivity (Wildman–Crippen MR) is 82.8 cm³/mol. The van der Waals surface area contributed by atoms with Gasteiger partial charge in [0.15, 0.2) is 6.61 Å². The monoisotopic (exact) mass is 292 g/mol. The maximum atomic E-state index is 12.0. The van der Waals surface area contributed by atoms with Crippen LogP contribution in [0.2, 0.25) is 0 Å². The molecule has 1 saturated heterocycles. The van der Waals surface area contributed by atoms with Gasteiger partial charge in [0.2, 0.25) is 0 Å². The lowest BCUT2D eigenvalue weighted by Crippen LogP contribution is -2.40. The number of nitrogens with two attached hydrogens (primary N) is 1. The van der Waals surface area contributed by atoms with E-state index in [1.54, 1.807) is 24.3 Å². The number of rotatable bonds is 4. The zero-order valence-electron chi connectivity index (χ0n) is 11.7. The number of hydrogen-bond acceptors (Lipinski definition) is 3. The van der Waals surface area contributed by atoms with E-state index >= 15 is 0 Å². The minimum atomic E-state index is 0.0512. The quantitative estimate of drug-likeness (QED) is 0.862. The van der Waals surface area contributed by atoms with Crippen molar-refractivity contribution >= 4 is 23.1 Å². The van der Waals surface area contributed by atoms with Crippen molar-refractivity contribution in [1.82, 2.24) is 4.90 Å². The van der Waals surface area contributed by atoms with Crippen molar-refractivity contribution < 1.29 is 9.53 Å². The highest BCUT2D eigenvalue weighted by atomic mass is 32.1. The van der Waals surface area contributed by atoms with Gasteiger partial charge in [-0.15, -0.1) is 0 Å². The molecule has 1 heterocycles. The molecule has 1 fully saturated rings. The highest BCUT2D eigenvalue weighted by Gasteiger charge is 2.20. The van der Waals surface area contributed by atoms with E-state index in [1.165, 1.54) is 0 Å². The van der Waals surface area contributed by atoms with Gasteiger partial charge in [-0.25, -0.2) is 0 Å². The van der Waals surface area contributed by atoms with Crippen molar-refractivity contribution in [3.8, 4) is 5.75 Å². The molecule has 0 aliphatic carbocycles. The fraction of sp³-hybridized carbons (Fsp3) is 0.467. The molecule has 1 aromatic carbocycles. The Balaban J connectivity index is 1.82. The summed E-state index contributed by atoms with van der Waals surface area (Å²) in [5.41, 5.74) is 6.32. The van der Waals surface area contributed by atoms with Gasteiger partial charge in [0.1, 0.15) is 10.7 Å². The molecule has 1 aliphatic rings. The first-order valence-corrected chi connectivity index (χ1v) is 7.27. The fourth-order valence-electron chi connectivity index (χ4n) is 2.21. The van der Waals surface area contributed by atoms with Gasteiger partial charge in [-0.2, -0.15) is 0 Å². The number of amides is 1. The average Bonchev–Trinajstić information content (AvgIpc) is 2.46. The third-order valence-corrected chi connectivity index (χ3v) is 3.87. The van der Waals surface area contributed by atoms with Crippen LogP contribution in [0.1, 0.15) is 25.3 Å². The van der Waals surface area contributed by atoms with E-state index in [4.69, 9.17) is 22.7 Å². The molecule has 0 radical (unpaired) electrons. The number of ether oxygens (including phenoxy) is 1. The first-order chi connectivity index (χ1) is 9.56. The van der Waals surface area contributed by atoms with Crippen molar-refractivity contribution in [2.45, 2.75) is 19.8 Å². The SMILES string of the molecule is CC1CCN(C(=O)COc2ccc(C(N)=S)cc2)CC1. The van der Waals surface area contributed by atoms with Crippen LogP contribution in [-0.4, -0.2) is 35.5 Å². The summed E-state index contributed by atoms with van der Waals surface area (Å²) in [5.74, 6) is 1.42. The first-order valence-electron chi connectivity index (χ1n) is 6.86. The maximum Gasteiger partial charge on any atom is 0.260 e. The number of carbonyl (C=O) groups excluding carboxylic acids is 1. The second-order valence-corrected chi connectivity index (χ2v) is 5.68. The van der Waals surface area contributed by atoms with E-state index < -0.39 is 0 Å². The summed E-state index contributed by atoms with van der Waals surface area (Å²) >= 11 is 4.88. The van der Waals surface area contributed by atoms with Crippen LogP contribution in [0, 0.1) is 5.92 Å². The Morgan fingerprint density at radius 3 is 2.50 bits per heavy atom. The summed E-state index contributed by atoms with van der Waals surface area (Å²) in [6, 6.07) is 7.15. The van der Waals surface area contributed by atoms with Gasteiger partial charge >= 0.3 is 0 Å². The van der Waals surface area contributed by atoms with Crippen LogP contribution in [0.3, 0.4) is 0 Å². The van der Waals surface area contributed by atoms with E-state index in [2.05, 4.69) is 6.92 Å². The lowest BCUT2D eigenvalue weighted by Gasteiger charge is -2.30. The molecule has 0 spiro atoms. The second-order valence-electron chi connectivity index (χ2n) is 5.24. The van der Waals surface area contributed by atoms with E-state index in [1.807, 2.05) is 4.90 Å². The summed E-state index contributed by atoms with van der Waals surface area (Å²) in [5, 5.41) is 0. The molecular formula is C15H20N2O2S. The van der Waals surface area contributed by atoms with Gasteiger partial charge in [0.05, 0.1) is 0 Å². The van der Waals surface area contributed by atoms with E-state index in [0.717, 1.165) is 31.5 Å². The standard InChI is InChI=1S/C15H20N2O2S/c1-11-6-8-17(9-7-11)14(18)10-19-13-4-2-12(3-5-13)15(16)20/h2-5,11H,6-10H2,1H3,(H2,16,20). The first kappa shape index (κ1) is 14.8. The number of benzene rings is 1. The van der Waals surface area contributed by atoms with Gasteiger partial charge < -0.3 is 15.4 Å². The largest absolute Gasteiger partial charge is 0.484 e. The van der Waals surface area contributed by atoms with Crippen LogP contribution < -0.4 is 10.5 Å². The Kier molecular flexibility index (Phi) is 4.95. The molecule has 0 saturated carbocycles. The van der Waals surface area contributed by atoms with Gasteiger partial charge in [-0.05, 0) is 43.0 Å². The zero-order valence-corrected chi connectivity index (χ0v) is 12.5. The van der Waals surface area contributed by atoms with Crippen molar-refractivity contribution in [3.63, 3.8) is 0 Å². The normalized spacial score (nSPS) is 15.9. The third kappa shape index (κ3) is 3.93. The summed E-state index contributed by atoms with van der Waals surface area (Å²) < 4.78 is 5.51. The Bertz CT molecular complexity index is 479. The molecule has 108 valence electrons. The fourth-order valence-corrected chi connectivity index (χ4v) is 2.35. The van der Waals surface area contributed by atoms with Crippen LogP contribution in [0.4, 0.5) is 0 Å². The van der Waals surface area contributed by atoms with E-state index in [-0.39, 0.29) is 12.5 Å². The Hall–Kier alpha value is -1.62. The minimum absolute atomic E-state index is 0.0512. The third-order valence-electron chi connectivity index (χ3n) is 3.64. The molecular weight excluding hydrogens is 272 g/mol. The van der Waals surface area contributed by atoms with Gasteiger partial charge in [0, 0.05) is 18.7 Å². The van der Waals surface area contributed by atoms with Crippen LogP contribution in [0.15, 0.2) is 24.3 Å². The highest BCUT2D eigenvalue weighted by molar-refractivity contribution is 7.80. The predicted octanol–water partition coefficient (Wildman–Crippen LogP) is 1.96. The van der Waals surface area contributed by atoms with Gasteiger partial charge in [0.25, 0.3) is 5.91 Å². The van der Waals surface area contributed by atoms with Crippen LogP contribution in [0.25, 0.3) is 0 Å². The minimum Gasteiger partial charge on any atom is -0.484 e. The van der Waals surface area contributed by atoms with Crippen LogP contribution >= 0.6 is 12.2 Å². The Morgan fingerprint density at radius 1 is 1.35 bits per heavy atom. The maximum absolute atomic E-state index is 12.0.